The van der Waals surface area contributed by atoms with Crippen LogP contribution in [0.4, 0.5) is 0 Å². The lowest BCUT2D eigenvalue weighted by Gasteiger charge is -2.19. The van der Waals surface area contributed by atoms with Gasteiger partial charge in [-0.15, -0.1) is 0 Å². The Bertz CT molecular complexity index is 150. The normalized spacial score (nSPS) is 23.2. The molecule has 1 saturated heterocycles. The molecule has 0 aromatic carbocycles. The fourth-order valence-electron chi connectivity index (χ4n) is 1.80. The van der Waals surface area contributed by atoms with Crippen LogP contribution in [0, 0.1) is 5.92 Å². The minimum Gasteiger partial charge on any atom is -0.383 e. The van der Waals surface area contributed by atoms with Gasteiger partial charge in [0.2, 0.25) is 0 Å². The average molecular weight is 216 g/mol. The van der Waals surface area contributed by atoms with Gasteiger partial charge in [0, 0.05) is 39.4 Å². The first-order chi connectivity index (χ1) is 7.34. The van der Waals surface area contributed by atoms with Crippen molar-refractivity contribution in [2.24, 2.45) is 5.92 Å². The topological polar surface area (TPSA) is 42.5 Å². The van der Waals surface area contributed by atoms with E-state index in [9.17, 15) is 0 Å². The van der Waals surface area contributed by atoms with Gasteiger partial charge in [0.25, 0.3) is 0 Å². The van der Waals surface area contributed by atoms with Gasteiger partial charge in [-0.3, -0.25) is 0 Å². The monoisotopic (exact) mass is 216 g/mol. The Labute approximate surface area is 92.7 Å². The van der Waals surface area contributed by atoms with E-state index in [-0.39, 0.29) is 0 Å². The number of hydrogen-bond acceptors (Lipinski definition) is 4. The minimum absolute atomic E-state index is 0.566. The van der Waals surface area contributed by atoms with Gasteiger partial charge < -0.3 is 20.1 Å². The molecule has 0 aliphatic carbocycles. The zero-order valence-corrected chi connectivity index (χ0v) is 9.92. The van der Waals surface area contributed by atoms with Crippen molar-refractivity contribution in [3.63, 3.8) is 0 Å². The van der Waals surface area contributed by atoms with Crippen LogP contribution in [0.1, 0.15) is 13.3 Å². The smallest absolute Gasteiger partial charge is 0.0587 e. The van der Waals surface area contributed by atoms with Crippen molar-refractivity contribution in [2.75, 3.05) is 46.6 Å². The average Bonchev–Trinajstić information content (AvgIpc) is 2.76. The lowest BCUT2D eigenvalue weighted by atomic mass is 10.0. The van der Waals surface area contributed by atoms with Crippen LogP contribution in [0.25, 0.3) is 0 Å². The van der Waals surface area contributed by atoms with E-state index in [0.29, 0.717) is 12.0 Å². The summed E-state index contributed by atoms with van der Waals surface area (Å²) in [4.78, 5) is 0. The van der Waals surface area contributed by atoms with Crippen LogP contribution < -0.4 is 10.6 Å². The van der Waals surface area contributed by atoms with Gasteiger partial charge in [0.15, 0.2) is 0 Å². The van der Waals surface area contributed by atoms with E-state index in [1.54, 1.807) is 7.11 Å². The van der Waals surface area contributed by atoms with Crippen molar-refractivity contribution in [1.82, 2.24) is 10.6 Å². The lowest BCUT2D eigenvalue weighted by molar-refractivity contribution is 0.178. The zero-order valence-electron chi connectivity index (χ0n) is 9.92. The first-order valence-corrected chi connectivity index (χ1v) is 5.85. The summed E-state index contributed by atoms with van der Waals surface area (Å²) in [6.07, 6.45) is 1.20. The Hall–Kier alpha value is -0.160. The molecule has 1 fully saturated rings. The molecule has 0 aromatic rings. The number of methoxy groups -OCH3 is 1. The van der Waals surface area contributed by atoms with E-state index < -0.39 is 0 Å². The molecule has 1 heterocycles. The van der Waals surface area contributed by atoms with Gasteiger partial charge in [-0.05, 0) is 19.3 Å². The molecule has 1 rings (SSSR count). The van der Waals surface area contributed by atoms with Crippen LogP contribution in [-0.2, 0) is 9.47 Å². The van der Waals surface area contributed by atoms with Gasteiger partial charge in [-0.2, -0.15) is 0 Å². The van der Waals surface area contributed by atoms with Gasteiger partial charge in [-0.25, -0.2) is 0 Å². The van der Waals surface area contributed by atoms with Crippen molar-refractivity contribution >= 4 is 0 Å². The van der Waals surface area contributed by atoms with Crippen LogP contribution in [-0.4, -0.2) is 52.6 Å². The fourth-order valence-corrected chi connectivity index (χ4v) is 1.80. The molecule has 4 nitrogen and oxygen atoms in total. The highest BCUT2D eigenvalue weighted by Gasteiger charge is 2.21. The summed E-state index contributed by atoms with van der Waals surface area (Å²) >= 11 is 0. The van der Waals surface area contributed by atoms with Crippen molar-refractivity contribution < 1.29 is 9.47 Å². The molecule has 15 heavy (non-hydrogen) atoms. The van der Waals surface area contributed by atoms with Crippen LogP contribution in [0.5, 0.6) is 0 Å². The molecule has 2 unspecified atom stereocenters. The largest absolute Gasteiger partial charge is 0.383 e. The van der Waals surface area contributed by atoms with E-state index in [0.717, 1.165) is 39.5 Å². The van der Waals surface area contributed by atoms with E-state index >= 15 is 0 Å². The van der Waals surface area contributed by atoms with Crippen LogP contribution in [0.3, 0.4) is 0 Å². The summed E-state index contributed by atoms with van der Waals surface area (Å²) in [5.41, 5.74) is 0. The van der Waals surface area contributed by atoms with Gasteiger partial charge in [-0.1, -0.05) is 0 Å². The second-order valence-corrected chi connectivity index (χ2v) is 4.11. The van der Waals surface area contributed by atoms with Crippen LogP contribution in [0.2, 0.25) is 0 Å². The van der Waals surface area contributed by atoms with Gasteiger partial charge in [0.05, 0.1) is 13.2 Å². The number of nitrogens with one attached hydrogen (secondary N) is 2. The molecule has 0 saturated carbocycles. The molecule has 90 valence electrons. The molecule has 0 bridgehead atoms. The highest BCUT2D eigenvalue weighted by atomic mass is 16.5. The van der Waals surface area contributed by atoms with E-state index in [1.165, 1.54) is 6.42 Å². The van der Waals surface area contributed by atoms with Gasteiger partial charge in [0.1, 0.15) is 0 Å². The Morgan fingerprint density at radius 2 is 2.27 bits per heavy atom. The van der Waals surface area contributed by atoms with Crippen LogP contribution >= 0.6 is 0 Å². The quantitative estimate of drug-likeness (QED) is 0.570. The predicted molar refractivity (Wildman–Crippen MR) is 61.1 cm³/mol. The maximum absolute atomic E-state index is 5.37. The van der Waals surface area contributed by atoms with Gasteiger partial charge >= 0.3 is 0 Å². The highest BCUT2D eigenvalue weighted by molar-refractivity contribution is 4.75. The van der Waals surface area contributed by atoms with E-state index in [4.69, 9.17) is 9.47 Å². The Morgan fingerprint density at radius 1 is 1.40 bits per heavy atom. The molecule has 2 atom stereocenters. The molecule has 2 N–H and O–H groups in total. The Balaban J connectivity index is 1.90. The summed E-state index contributed by atoms with van der Waals surface area (Å²) in [7, 11) is 1.72. The van der Waals surface area contributed by atoms with Crippen molar-refractivity contribution in [1.29, 1.82) is 0 Å². The maximum atomic E-state index is 5.37. The third kappa shape index (κ3) is 5.47. The second-order valence-electron chi connectivity index (χ2n) is 4.11. The lowest BCUT2D eigenvalue weighted by Crippen LogP contribution is -2.38. The molecule has 0 spiro atoms. The molecular weight excluding hydrogens is 192 g/mol. The third-order valence-electron chi connectivity index (χ3n) is 2.92. The van der Waals surface area contributed by atoms with E-state index in [1.807, 2.05) is 0 Å². The molecule has 1 aliphatic rings. The van der Waals surface area contributed by atoms with Crippen molar-refractivity contribution in [2.45, 2.75) is 19.4 Å². The van der Waals surface area contributed by atoms with Crippen molar-refractivity contribution in [3.05, 3.63) is 0 Å². The first kappa shape index (κ1) is 12.9. The zero-order chi connectivity index (χ0) is 10.9. The summed E-state index contributed by atoms with van der Waals surface area (Å²) in [5, 5.41) is 6.83. The molecule has 0 amide bonds. The minimum atomic E-state index is 0.566. The van der Waals surface area contributed by atoms with Crippen molar-refractivity contribution in [3.8, 4) is 0 Å². The summed E-state index contributed by atoms with van der Waals surface area (Å²) in [6.45, 7) is 7.83. The molecule has 4 heteroatoms. The van der Waals surface area contributed by atoms with Crippen LogP contribution in [0.15, 0.2) is 0 Å². The highest BCUT2D eigenvalue weighted by Crippen LogP contribution is 2.15. The molecule has 0 radical (unpaired) electrons. The summed E-state index contributed by atoms with van der Waals surface area (Å²) in [6, 6.07) is 0.566. The maximum Gasteiger partial charge on any atom is 0.0587 e. The summed E-state index contributed by atoms with van der Waals surface area (Å²) < 4.78 is 10.3. The molecular formula is C11H24N2O2. The van der Waals surface area contributed by atoms with E-state index in [2.05, 4.69) is 17.6 Å². The first-order valence-electron chi connectivity index (χ1n) is 5.85. The Morgan fingerprint density at radius 3 is 2.93 bits per heavy atom. The number of rotatable bonds is 8. The number of hydrogen-bond donors (Lipinski definition) is 2. The third-order valence-corrected chi connectivity index (χ3v) is 2.92. The SMILES string of the molecule is COCCNCCNC(C)C1CCOC1. The molecule has 0 aromatic heterocycles. The number of ether oxygens (including phenoxy) is 2. The summed E-state index contributed by atoms with van der Waals surface area (Å²) in [5.74, 6) is 0.698. The Kier molecular flexibility index (Phi) is 6.92. The predicted octanol–water partition coefficient (Wildman–Crippen LogP) is 0.237. The fraction of sp³-hybridized carbons (Fsp3) is 1.00. The molecule has 1 aliphatic heterocycles. The standard InChI is InChI=1S/C11H24N2O2/c1-10(11-3-7-15-9-11)13-5-4-12-6-8-14-2/h10-13H,3-9H2,1-2H3. The second kappa shape index (κ2) is 8.05.